The van der Waals surface area contributed by atoms with Gasteiger partial charge >= 0.3 is 0 Å². The molecule has 0 amide bonds. The monoisotopic (exact) mass is 406 g/mol. The third-order valence-electron chi connectivity index (χ3n) is 3.12. The van der Waals surface area contributed by atoms with Gasteiger partial charge in [0.15, 0.2) is 0 Å². The molecular weight excluding hydrogens is 397 g/mol. The Kier molecular flexibility index (Phi) is 4.59. The van der Waals surface area contributed by atoms with Crippen LogP contribution in [0.1, 0.15) is 27.1 Å². The Labute approximate surface area is 132 Å². The molecule has 1 unspecified atom stereocenters. The van der Waals surface area contributed by atoms with Crippen LogP contribution in [-0.2, 0) is 0 Å². The highest BCUT2D eigenvalue weighted by Gasteiger charge is 2.22. The van der Waals surface area contributed by atoms with E-state index in [1.807, 2.05) is 26.0 Å². The van der Waals surface area contributed by atoms with Gasteiger partial charge in [-0.15, -0.1) is 0 Å². The fraction of sp³-hybridized carbons (Fsp3) is 0.200. The van der Waals surface area contributed by atoms with Gasteiger partial charge < -0.3 is 0 Å². The van der Waals surface area contributed by atoms with Crippen LogP contribution in [0.3, 0.4) is 0 Å². The third kappa shape index (κ3) is 2.93. The summed E-state index contributed by atoms with van der Waals surface area (Å²) < 4.78 is 41.6. The summed E-state index contributed by atoms with van der Waals surface area (Å²) in [6.45, 7) is 3.75. The molecule has 0 saturated heterocycles. The molecule has 5 heteroatoms. The molecule has 0 nitrogen and oxygen atoms in total. The van der Waals surface area contributed by atoms with Crippen LogP contribution in [0.4, 0.5) is 13.2 Å². The quantitative estimate of drug-likeness (QED) is 0.538. The van der Waals surface area contributed by atoms with E-state index in [2.05, 4.69) is 31.9 Å². The summed E-state index contributed by atoms with van der Waals surface area (Å²) in [7, 11) is 0. The number of alkyl halides is 1. The highest BCUT2D eigenvalue weighted by Crippen LogP contribution is 2.37. The van der Waals surface area contributed by atoms with E-state index in [1.165, 1.54) is 0 Å². The molecule has 2 aromatic carbocycles. The summed E-state index contributed by atoms with van der Waals surface area (Å²) >= 11 is 6.72. The van der Waals surface area contributed by atoms with Crippen molar-refractivity contribution in [3.8, 4) is 0 Å². The van der Waals surface area contributed by atoms with Crippen LogP contribution in [0.25, 0.3) is 0 Å². The summed E-state index contributed by atoms with van der Waals surface area (Å²) in [4.78, 5) is -0.671. The van der Waals surface area contributed by atoms with Crippen LogP contribution in [0.15, 0.2) is 28.7 Å². The number of rotatable bonds is 2. The predicted octanol–water partition coefficient (Wildman–Crippen LogP) is 5.97. The molecule has 0 aliphatic rings. The van der Waals surface area contributed by atoms with Crippen molar-refractivity contribution in [3.05, 3.63) is 68.4 Å². The minimum absolute atomic E-state index is 0.184. The van der Waals surface area contributed by atoms with Crippen molar-refractivity contribution in [2.24, 2.45) is 0 Å². The number of hydrogen-bond acceptors (Lipinski definition) is 0. The first-order chi connectivity index (χ1) is 9.31. The molecule has 0 aliphatic carbocycles. The van der Waals surface area contributed by atoms with Gasteiger partial charge in [-0.2, -0.15) is 0 Å². The number of halogens is 5. The van der Waals surface area contributed by atoms with E-state index < -0.39 is 22.3 Å². The number of benzene rings is 2. The third-order valence-corrected chi connectivity index (χ3v) is 4.92. The van der Waals surface area contributed by atoms with Crippen LogP contribution in [0.2, 0.25) is 0 Å². The molecule has 1 atom stereocenters. The van der Waals surface area contributed by atoms with Gasteiger partial charge in [0.2, 0.25) is 0 Å². The van der Waals surface area contributed by atoms with Crippen molar-refractivity contribution in [2.75, 3.05) is 0 Å². The standard InChI is InChI=1S/C15H11Br2F3/c1-7-4-11(16)8(2)3-10(7)15(17)14-12(19)5-9(18)6-13(14)20/h3-6,15H,1-2H3. The summed E-state index contributed by atoms with van der Waals surface area (Å²) in [5.41, 5.74) is 2.40. The summed E-state index contributed by atoms with van der Waals surface area (Å²) in [5.74, 6) is -2.72. The van der Waals surface area contributed by atoms with Crippen LogP contribution in [0, 0.1) is 31.3 Å². The van der Waals surface area contributed by atoms with Gasteiger partial charge in [0.25, 0.3) is 0 Å². The average Bonchev–Trinajstić information content (AvgIpc) is 2.32. The van der Waals surface area contributed by atoms with E-state index in [-0.39, 0.29) is 5.56 Å². The first-order valence-corrected chi connectivity index (χ1v) is 7.57. The maximum atomic E-state index is 13.8. The van der Waals surface area contributed by atoms with E-state index in [0.717, 1.165) is 21.2 Å². The van der Waals surface area contributed by atoms with Crippen molar-refractivity contribution in [3.63, 3.8) is 0 Å². The first kappa shape index (κ1) is 15.6. The molecule has 106 valence electrons. The van der Waals surface area contributed by atoms with Gasteiger partial charge in [0.05, 0.1) is 4.83 Å². The fourth-order valence-electron chi connectivity index (χ4n) is 2.03. The van der Waals surface area contributed by atoms with Crippen LogP contribution < -0.4 is 0 Å². The van der Waals surface area contributed by atoms with Gasteiger partial charge in [-0.3, -0.25) is 0 Å². The molecule has 0 spiro atoms. The Hall–Kier alpha value is -0.810. The maximum Gasteiger partial charge on any atom is 0.133 e. The highest BCUT2D eigenvalue weighted by molar-refractivity contribution is 9.10. The van der Waals surface area contributed by atoms with Crippen molar-refractivity contribution in [1.82, 2.24) is 0 Å². The van der Waals surface area contributed by atoms with Crippen LogP contribution in [0.5, 0.6) is 0 Å². The van der Waals surface area contributed by atoms with E-state index >= 15 is 0 Å². The zero-order chi connectivity index (χ0) is 15.0. The van der Waals surface area contributed by atoms with Crippen LogP contribution in [-0.4, -0.2) is 0 Å². The Morgan fingerprint density at radius 1 is 0.900 bits per heavy atom. The second-order valence-corrected chi connectivity index (χ2v) is 6.37. The zero-order valence-corrected chi connectivity index (χ0v) is 13.9. The van der Waals surface area contributed by atoms with E-state index in [1.54, 1.807) is 0 Å². The SMILES string of the molecule is Cc1cc(C(Br)c2c(F)cc(F)cc2F)c(C)cc1Br. The van der Waals surface area contributed by atoms with Crippen molar-refractivity contribution in [1.29, 1.82) is 0 Å². The van der Waals surface area contributed by atoms with Crippen molar-refractivity contribution < 1.29 is 13.2 Å². The molecule has 0 saturated carbocycles. The van der Waals surface area contributed by atoms with Gasteiger partial charge in [-0.05, 0) is 36.6 Å². The molecule has 0 heterocycles. The Morgan fingerprint density at radius 3 is 2.00 bits per heavy atom. The summed E-state index contributed by atoms with van der Waals surface area (Å²) in [6.07, 6.45) is 0. The van der Waals surface area contributed by atoms with Gasteiger partial charge in [-0.25, -0.2) is 13.2 Å². The normalized spacial score (nSPS) is 12.6. The second-order valence-electron chi connectivity index (χ2n) is 4.60. The molecule has 0 N–H and O–H groups in total. The fourth-order valence-corrected chi connectivity index (χ4v) is 3.42. The van der Waals surface area contributed by atoms with Gasteiger partial charge in [0.1, 0.15) is 17.5 Å². The molecule has 2 aromatic rings. The lowest BCUT2D eigenvalue weighted by Crippen LogP contribution is -2.04. The molecule has 0 bridgehead atoms. The highest BCUT2D eigenvalue weighted by atomic mass is 79.9. The molecule has 0 fully saturated rings. The molecule has 20 heavy (non-hydrogen) atoms. The summed E-state index contributed by atoms with van der Waals surface area (Å²) in [5, 5.41) is 0. The molecular formula is C15H11Br2F3. The topological polar surface area (TPSA) is 0 Å². The maximum absolute atomic E-state index is 13.8. The van der Waals surface area contributed by atoms with E-state index in [4.69, 9.17) is 0 Å². The molecule has 0 aromatic heterocycles. The van der Waals surface area contributed by atoms with Gasteiger partial charge in [0, 0.05) is 22.2 Å². The number of aryl methyl sites for hydroxylation is 2. The average molecular weight is 408 g/mol. The lowest BCUT2D eigenvalue weighted by molar-refractivity contribution is 0.527. The lowest BCUT2D eigenvalue weighted by Gasteiger charge is -2.17. The second kappa shape index (κ2) is 5.90. The van der Waals surface area contributed by atoms with Crippen molar-refractivity contribution in [2.45, 2.75) is 18.7 Å². The lowest BCUT2D eigenvalue weighted by atomic mass is 9.98. The van der Waals surface area contributed by atoms with Crippen molar-refractivity contribution >= 4 is 31.9 Å². The zero-order valence-electron chi connectivity index (χ0n) is 10.8. The summed E-state index contributed by atoms with van der Waals surface area (Å²) in [6, 6.07) is 5.11. The number of hydrogen-bond donors (Lipinski definition) is 0. The van der Waals surface area contributed by atoms with E-state index in [0.29, 0.717) is 12.1 Å². The molecule has 2 rings (SSSR count). The van der Waals surface area contributed by atoms with Gasteiger partial charge in [-0.1, -0.05) is 37.9 Å². The predicted molar refractivity (Wildman–Crippen MR) is 80.7 cm³/mol. The largest absolute Gasteiger partial charge is 0.207 e. The Bertz CT molecular complexity index is 645. The molecule has 0 radical (unpaired) electrons. The molecule has 0 aliphatic heterocycles. The minimum atomic E-state index is -0.924. The van der Waals surface area contributed by atoms with Crippen LogP contribution >= 0.6 is 31.9 Å². The Morgan fingerprint density at radius 2 is 1.45 bits per heavy atom. The van der Waals surface area contributed by atoms with E-state index in [9.17, 15) is 13.2 Å². The first-order valence-electron chi connectivity index (χ1n) is 5.86. The Balaban J connectivity index is 2.57. The smallest absolute Gasteiger partial charge is 0.133 e. The minimum Gasteiger partial charge on any atom is -0.207 e.